The smallest absolute Gasteiger partial charge is 0.356 e. The average Bonchev–Trinajstić information content (AvgIpc) is 0.811. The van der Waals surface area contributed by atoms with Crippen LogP contribution in [0.25, 0.3) is 0 Å². The van der Waals surface area contributed by atoms with Crippen molar-refractivity contribution in [1.82, 2.24) is 6.15 Å². The fraction of sp³-hybridized carbons (Fsp3) is 0. The van der Waals surface area contributed by atoms with Crippen molar-refractivity contribution in [3.63, 3.8) is 0 Å². The molecule has 5 nitrogen and oxygen atoms in total. The van der Waals surface area contributed by atoms with Crippen LogP contribution in [0.4, 0.5) is 0 Å². The first-order valence-corrected chi connectivity index (χ1v) is 0.548. The molecule has 0 spiro atoms. The van der Waals surface area contributed by atoms with Crippen molar-refractivity contribution >= 4 is 0 Å². The van der Waals surface area contributed by atoms with Gasteiger partial charge in [0.1, 0.15) is 0 Å². The third-order valence-electron chi connectivity index (χ3n) is 0. The Morgan fingerprint density at radius 3 is 1.33 bits per heavy atom. The Bertz CT molecular complexity index is 31.8. The second-order valence-electron chi connectivity index (χ2n) is 0.224. The summed E-state index contributed by atoms with van der Waals surface area (Å²) in [5.41, 5.74) is 0. The molecule has 0 amide bonds. The van der Waals surface area contributed by atoms with Gasteiger partial charge in [-0.25, -0.2) is 0 Å². The van der Waals surface area contributed by atoms with Crippen LogP contribution in [-0.2, 0) is 19.5 Å². The molecule has 0 aromatic carbocycles. The molecule has 6 heteroatoms. The molecule has 3 N–H and O–H groups in total. The van der Waals surface area contributed by atoms with E-state index >= 15 is 0 Å². The van der Waals surface area contributed by atoms with Crippen LogP contribution in [0.2, 0.25) is 0 Å². The maximum absolute atomic E-state index is 8.25. The fourth-order valence-corrected chi connectivity index (χ4v) is 0. The predicted molar refractivity (Wildman–Crippen MR) is 15.4 cm³/mol. The van der Waals surface area contributed by atoms with Crippen molar-refractivity contribution in [2.45, 2.75) is 0 Å². The van der Waals surface area contributed by atoms with Gasteiger partial charge in [-0.2, -0.15) is 0 Å². The number of rotatable bonds is 0. The maximum Gasteiger partial charge on any atom is 2.00 e. The molecule has 0 aromatic heterocycles. The summed E-state index contributed by atoms with van der Waals surface area (Å²) >= 11 is 0. The maximum atomic E-state index is 8.25. The van der Waals surface area contributed by atoms with Gasteiger partial charge in [-0.1, -0.05) is 0 Å². The molecule has 1 radical (unpaired) electrons. The minimum absolute atomic E-state index is 0. The SMILES string of the molecule is N.O=[N+]([O-])[O-].[Rh+2]. The molecule has 0 fully saturated rings. The molecule has 0 saturated carbocycles. The normalized spacial score (nSPS) is 4.00. The molecule has 0 unspecified atom stereocenters. The Kier molecular flexibility index (Phi) is 25.2. The van der Waals surface area contributed by atoms with Crippen molar-refractivity contribution in [3.8, 4) is 0 Å². The molecule has 0 heterocycles. The Hall–Kier alpha value is -0.217. The molecule has 6 heavy (non-hydrogen) atoms. The Morgan fingerprint density at radius 1 is 1.33 bits per heavy atom. The third kappa shape index (κ3) is 625. The summed E-state index contributed by atoms with van der Waals surface area (Å²) in [5, 5.41) is 14.8. The van der Waals surface area contributed by atoms with Gasteiger partial charge in [0.2, 0.25) is 0 Å². The van der Waals surface area contributed by atoms with E-state index in [0.29, 0.717) is 0 Å². The summed E-state index contributed by atoms with van der Waals surface area (Å²) in [6, 6.07) is 0. The van der Waals surface area contributed by atoms with Crippen LogP contribution in [0.3, 0.4) is 0 Å². The monoisotopic (exact) mass is 182 g/mol. The molecule has 0 aliphatic carbocycles. The zero-order chi connectivity index (χ0) is 3.58. The second-order valence-corrected chi connectivity index (χ2v) is 0.224. The van der Waals surface area contributed by atoms with Crippen LogP contribution in [0, 0.1) is 15.3 Å². The molecule has 0 saturated heterocycles. The quantitative estimate of drug-likeness (QED) is 0.321. The van der Waals surface area contributed by atoms with Crippen LogP contribution < -0.4 is 6.15 Å². The van der Waals surface area contributed by atoms with Crippen molar-refractivity contribution < 1.29 is 24.6 Å². The van der Waals surface area contributed by atoms with Gasteiger partial charge >= 0.3 is 19.5 Å². The summed E-state index contributed by atoms with van der Waals surface area (Å²) < 4.78 is 0. The van der Waals surface area contributed by atoms with Gasteiger partial charge in [0.25, 0.3) is 0 Å². The van der Waals surface area contributed by atoms with Crippen LogP contribution in [0.1, 0.15) is 0 Å². The molecule has 0 rings (SSSR count). The summed E-state index contributed by atoms with van der Waals surface area (Å²) in [7, 11) is 0. The first-order chi connectivity index (χ1) is 1.73. The largest absolute Gasteiger partial charge is 2.00 e. The van der Waals surface area contributed by atoms with Crippen LogP contribution in [-0.4, -0.2) is 5.09 Å². The standard InChI is InChI=1S/NO3.H3N.Rh/c2-1(3)4;;/h;1H3;/q-1;;+2. The van der Waals surface area contributed by atoms with Gasteiger partial charge in [-0.3, -0.25) is 0 Å². The molecule has 39 valence electrons. The van der Waals surface area contributed by atoms with E-state index in [1.165, 1.54) is 0 Å². The van der Waals surface area contributed by atoms with E-state index in [9.17, 15) is 0 Å². The summed E-state index contributed by atoms with van der Waals surface area (Å²) in [4.78, 5) is 8.25. The van der Waals surface area contributed by atoms with E-state index in [2.05, 4.69) is 0 Å². The van der Waals surface area contributed by atoms with Gasteiger partial charge in [0.15, 0.2) is 0 Å². The second kappa shape index (κ2) is 8.84. The van der Waals surface area contributed by atoms with Gasteiger partial charge in [0.05, 0.1) is 5.09 Å². The van der Waals surface area contributed by atoms with E-state index in [-0.39, 0.29) is 25.6 Å². The molecular weight excluding hydrogens is 179 g/mol. The molecule has 0 atom stereocenters. The summed E-state index contributed by atoms with van der Waals surface area (Å²) in [6.45, 7) is 0. The number of hydrogen-bond acceptors (Lipinski definition) is 4. The molecule has 0 aliphatic rings. The first kappa shape index (κ1) is 17.1. The molecule has 0 bridgehead atoms. The van der Waals surface area contributed by atoms with E-state index in [1.54, 1.807) is 0 Å². The van der Waals surface area contributed by atoms with Gasteiger partial charge in [-0.05, 0) is 0 Å². The van der Waals surface area contributed by atoms with E-state index in [0.717, 1.165) is 0 Å². The molecule has 0 aliphatic heterocycles. The minimum atomic E-state index is -1.75. The topological polar surface area (TPSA) is 101 Å². The average molecular weight is 182 g/mol. The predicted octanol–water partition coefficient (Wildman–Crippen LogP) is -0.0796. The zero-order valence-electron chi connectivity index (χ0n) is 2.71. The van der Waals surface area contributed by atoms with Crippen LogP contribution in [0.15, 0.2) is 0 Å². The van der Waals surface area contributed by atoms with Crippen LogP contribution in [0.5, 0.6) is 0 Å². The van der Waals surface area contributed by atoms with Gasteiger partial charge in [0, 0.05) is 0 Å². The molecule has 0 aromatic rings. The number of hydrogen-bond donors (Lipinski definition) is 1. The summed E-state index contributed by atoms with van der Waals surface area (Å²) in [6.07, 6.45) is 0. The number of nitrogens with zero attached hydrogens (tertiary/aromatic N) is 1. The van der Waals surface area contributed by atoms with Crippen molar-refractivity contribution in [3.05, 3.63) is 15.3 Å². The Balaban J connectivity index is -0.0000000450. The zero-order valence-corrected chi connectivity index (χ0v) is 4.35. The van der Waals surface area contributed by atoms with Gasteiger partial charge in [-0.15, -0.1) is 0 Å². The molecular formula is H3N2O3Rh+. The Labute approximate surface area is 46.8 Å². The first-order valence-electron chi connectivity index (χ1n) is 0.548. The van der Waals surface area contributed by atoms with E-state index < -0.39 is 5.09 Å². The minimum Gasteiger partial charge on any atom is -0.356 e. The third-order valence-corrected chi connectivity index (χ3v) is 0. The van der Waals surface area contributed by atoms with Crippen molar-refractivity contribution in [2.24, 2.45) is 0 Å². The summed E-state index contributed by atoms with van der Waals surface area (Å²) in [5.74, 6) is 0. The Morgan fingerprint density at radius 2 is 1.33 bits per heavy atom. The van der Waals surface area contributed by atoms with E-state index in [1.807, 2.05) is 0 Å². The fourth-order valence-electron chi connectivity index (χ4n) is 0. The van der Waals surface area contributed by atoms with Crippen LogP contribution >= 0.6 is 0 Å². The van der Waals surface area contributed by atoms with Crippen molar-refractivity contribution in [2.75, 3.05) is 0 Å². The van der Waals surface area contributed by atoms with E-state index in [4.69, 9.17) is 15.3 Å². The van der Waals surface area contributed by atoms with Gasteiger partial charge < -0.3 is 21.5 Å². The van der Waals surface area contributed by atoms with Crippen molar-refractivity contribution in [1.29, 1.82) is 0 Å².